The monoisotopic (exact) mass is 420 g/mol. The summed E-state index contributed by atoms with van der Waals surface area (Å²) in [5.74, 6) is 2.11. The maximum Gasteiger partial charge on any atom is 0.223 e. The van der Waals surface area contributed by atoms with E-state index in [0.717, 1.165) is 76.9 Å². The summed E-state index contributed by atoms with van der Waals surface area (Å²) >= 11 is 0. The number of nitrogens with zero attached hydrogens (tertiary/aromatic N) is 4. The van der Waals surface area contributed by atoms with Crippen LogP contribution in [0.25, 0.3) is 10.9 Å². The molecule has 0 saturated carbocycles. The summed E-state index contributed by atoms with van der Waals surface area (Å²) in [4.78, 5) is 17.2. The van der Waals surface area contributed by atoms with Crippen LogP contribution >= 0.6 is 0 Å². The number of piperidine rings is 1. The van der Waals surface area contributed by atoms with Gasteiger partial charge in [0, 0.05) is 43.1 Å². The van der Waals surface area contributed by atoms with Gasteiger partial charge in [-0.05, 0) is 30.9 Å². The lowest BCUT2D eigenvalue weighted by molar-refractivity contribution is -0.0791. The molecule has 31 heavy (non-hydrogen) atoms. The van der Waals surface area contributed by atoms with E-state index in [-0.39, 0.29) is 5.60 Å². The molecule has 0 aliphatic carbocycles. The summed E-state index contributed by atoms with van der Waals surface area (Å²) in [6, 6.07) is 10.7. The first-order valence-electron chi connectivity index (χ1n) is 11.2. The van der Waals surface area contributed by atoms with Gasteiger partial charge < -0.3 is 30.0 Å². The molecule has 0 bridgehead atoms. The topological polar surface area (TPSA) is 92.5 Å². The zero-order valence-corrected chi connectivity index (χ0v) is 17.6. The molecule has 2 saturated heterocycles. The summed E-state index contributed by atoms with van der Waals surface area (Å²) in [5, 5.41) is 1.33. The Morgan fingerprint density at radius 3 is 2.42 bits per heavy atom. The number of morpholine rings is 1. The predicted octanol–water partition coefficient (Wildman–Crippen LogP) is 2.45. The van der Waals surface area contributed by atoms with Crippen LogP contribution in [0.1, 0.15) is 24.1 Å². The summed E-state index contributed by atoms with van der Waals surface area (Å²) in [6.45, 7) is 5.61. The van der Waals surface area contributed by atoms with Crippen LogP contribution in [0.5, 0.6) is 0 Å². The second-order valence-electron chi connectivity index (χ2n) is 8.65. The van der Waals surface area contributed by atoms with E-state index in [1.165, 1.54) is 22.2 Å². The number of hydrogen-bond donors (Lipinski definition) is 2. The third-order valence-electron chi connectivity index (χ3n) is 6.95. The van der Waals surface area contributed by atoms with Gasteiger partial charge in [-0.1, -0.05) is 18.2 Å². The van der Waals surface area contributed by atoms with Gasteiger partial charge in [0.05, 0.1) is 25.5 Å². The number of ether oxygens (including phenoxy) is 2. The third kappa shape index (κ3) is 3.21. The number of benzene rings is 1. The molecule has 0 radical (unpaired) electrons. The average molecular weight is 421 g/mol. The molecule has 0 atom stereocenters. The second kappa shape index (κ2) is 7.39. The fourth-order valence-corrected chi connectivity index (χ4v) is 5.32. The smallest absolute Gasteiger partial charge is 0.223 e. The minimum absolute atomic E-state index is 0.241. The van der Waals surface area contributed by atoms with Crippen LogP contribution in [-0.2, 0) is 21.5 Å². The van der Waals surface area contributed by atoms with E-state index >= 15 is 0 Å². The number of fused-ring (bicyclic) bond motifs is 4. The van der Waals surface area contributed by atoms with Crippen LogP contribution in [0.15, 0.2) is 30.3 Å². The summed E-state index contributed by atoms with van der Waals surface area (Å²) in [5.41, 5.74) is 9.75. The summed E-state index contributed by atoms with van der Waals surface area (Å²) in [7, 11) is 0. The van der Waals surface area contributed by atoms with Crippen LogP contribution in [0.2, 0.25) is 0 Å². The van der Waals surface area contributed by atoms with Crippen molar-refractivity contribution in [1.82, 2.24) is 15.0 Å². The first-order valence-corrected chi connectivity index (χ1v) is 11.2. The number of H-pyrrole nitrogens is 1. The number of aromatic nitrogens is 3. The molecule has 3 N–H and O–H groups in total. The molecule has 0 amide bonds. The highest BCUT2D eigenvalue weighted by Gasteiger charge is 2.43. The normalized spacial score (nSPS) is 20.9. The Bertz CT molecular complexity index is 1100. The molecule has 0 unspecified atom stereocenters. The van der Waals surface area contributed by atoms with Gasteiger partial charge in [-0.25, -0.2) is 0 Å². The average Bonchev–Trinajstić information content (AvgIpc) is 3.20. The molecular formula is C23H28N6O2. The standard InChI is InChI=1S/C23H28N6O2/c24-22-26-19(15-20(27-22)29-10-13-30-14-11-29)28-8-6-23(7-9-28)21-17(5-12-31-23)16-3-1-2-4-18(16)25-21/h1-4,15,25H,5-14H2,(H2,24,26,27). The van der Waals surface area contributed by atoms with E-state index in [9.17, 15) is 0 Å². The highest BCUT2D eigenvalue weighted by molar-refractivity contribution is 5.85. The van der Waals surface area contributed by atoms with Crippen molar-refractivity contribution in [1.29, 1.82) is 0 Å². The molecule has 3 aromatic rings. The zero-order chi connectivity index (χ0) is 20.8. The van der Waals surface area contributed by atoms with Crippen LogP contribution in [0.3, 0.4) is 0 Å². The number of para-hydroxylation sites is 1. The van der Waals surface area contributed by atoms with Gasteiger partial charge in [-0.2, -0.15) is 9.97 Å². The third-order valence-corrected chi connectivity index (χ3v) is 6.95. The van der Waals surface area contributed by atoms with E-state index in [4.69, 9.17) is 15.2 Å². The summed E-state index contributed by atoms with van der Waals surface area (Å²) < 4.78 is 11.9. The van der Waals surface area contributed by atoms with Crippen LogP contribution in [-0.4, -0.2) is 61.0 Å². The van der Waals surface area contributed by atoms with Crippen LogP contribution < -0.4 is 15.5 Å². The largest absolute Gasteiger partial charge is 0.378 e. The minimum Gasteiger partial charge on any atom is -0.378 e. The van der Waals surface area contributed by atoms with E-state index in [2.05, 4.69) is 55.1 Å². The van der Waals surface area contributed by atoms with E-state index in [1.807, 2.05) is 0 Å². The molecule has 1 aromatic carbocycles. The Kier molecular flexibility index (Phi) is 4.50. The number of nitrogens with one attached hydrogen (secondary N) is 1. The first-order chi connectivity index (χ1) is 15.2. The van der Waals surface area contributed by atoms with Crippen molar-refractivity contribution in [2.75, 3.05) is 61.5 Å². The highest BCUT2D eigenvalue weighted by Crippen LogP contribution is 2.44. The molecular weight excluding hydrogens is 392 g/mol. The molecule has 3 aliphatic rings. The van der Waals surface area contributed by atoms with E-state index < -0.39 is 0 Å². The predicted molar refractivity (Wildman–Crippen MR) is 121 cm³/mol. The number of rotatable bonds is 2. The number of hydrogen-bond acceptors (Lipinski definition) is 7. The second-order valence-corrected chi connectivity index (χ2v) is 8.65. The molecule has 8 nitrogen and oxygen atoms in total. The lowest BCUT2D eigenvalue weighted by Gasteiger charge is -2.44. The molecule has 2 aromatic heterocycles. The van der Waals surface area contributed by atoms with Gasteiger partial charge in [0.15, 0.2) is 0 Å². The van der Waals surface area contributed by atoms with Gasteiger partial charge in [-0.3, -0.25) is 0 Å². The Hall–Kier alpha value is -2.84. The van der Waals surface area contributed by atoms with E-state index in [1.54, 1.807) is 0 Å². The molecule has 5 heterocycles. The van der Waals surface area contributed by atoms with Gasteiger partial charge in [0.25, 0.3) is 0 Å². The van der Waals surface area contributed by atoms with Gasteiger partial charge >= 0.3 is 0 Å². The SMILES string of the molecule is Nc1nc(N2CCOCC2)cc(N2CCC3(CC2)OCCc2c3[nH]c3ccccc23)n1. The van der Waals surface area contributed by atoms with Crippen molar-refractivity contribution in [3.8, 4) is 0 Å². The maximum atomic E-state index is 6.45. The fourth-order valence-electron chi connectivity index (χ4n) is 5.32. The van der Waals surface area contributed by atoms with Gasteiger partial charge in [-0.15, -0.1) is 0 Å². The molecule has 2 fully saturated rings. The van der Waals surface area contributed by atoms with Crippen molar-refractivity contribution in [3.63, 3.8) is 0 Å². The van der Waals surface area contributed by atoms with E-state index in [0.29, 0.717) is 5.95 Å². The molecule has 1 spiro atoms. The lowest BCUT2D eigenvalue weighted by Crippen LogP contribution is -2.47. The molecule has 3 aliphatic heterocycles. The van der Waals surface area contributed by atoms with Crippen molar-refractivity contribution in [3.05, 3.63) is 41.6 Å². The van der Waals surface area contributed by atoms with Crippen molar-refractivity contribution < 1.29 is 9.47 Å². The minimum atomic E-state index is -0.241. The molecule has 6 rings (SSSR count). The Labute approximate surface area is 181 Å². The van der Waals surface area contributed by atoms with Crippen LogP contribution in [0, 0.1) is 0 Å². The van der Waals surface area contributed by atoms with Gasteiger partial charge in [0.1, 0.15) is 17.2 Å². The lowest BCUT2D eigenvalue weighted by atomic mass is 9.83. The Morgan fingerprint density at radius 2 is 1.65 bits per heavy atom. The number of aromatic amines is 1. The Morgan fingerprint density at radius 1 is 0.935 bits per heavy atom. The number of anilines is 3. The van der Waals surface area contributed by atoms with Crippen molar-refractivity contribution in [2.45, 2.75) is 24.9 Å². The number of nitrogens with two attached hydrogens (primary N) is 1. The Balaban J connectivity index is 1.26. The molecule has 162 valence electrons. The zero-order valence-electron chi connectivity index (χ0n) is 17.6. The van der Waals surface area contributed by atoms with Crippen LogP contribution in [0.4, 0.5) is 17.6 Å². The van der Waals surface area contributed by atoms with Crippen molar-refractivity contribution in [2.24, 2.45) is 0 Å². The summed E-state index contributed by atoms with van der Waals surface area (Å²) in [6.07, 6.45) is 2.81. The molecule has 8 heteroatoms. The first kappa shape index (κ1) is 18.9. The van der Waals surface area contributed by atoms with Crippen molar-refractivity contribution >= 4 is 28.5 Å². The van der Waals surface area contributed by atoms with Gasteiger partial charge in [0.2, 0.25) is 5.95 Å². The quantitative estimate of drug-likeness (QED) is 0.658. The maximum absolute atomic E-state index is 6.45. The highest BCUT2D eigenvalue weighted by atomic mass is 16.5. The fraction of sp³-hybridized carbons (Fsp3) is 0.478. The number of nitrogen functional groups attached to an aromatic ring is 1.